The summed E-state index contributed by atoms with van der Waals surface area (Å²) in [4.78, 5) is 45.8. The lowest BCUT2D eigenvalue weighted by Gasteiger charge is -2.11. The molecule has 1 atom stereocenters. The van der Waals surface area contributed by atoms with E-state index >= 15 is 0 Å². The highest BCUT2D eigenvalue weighted by Gasteiger charge is 2.17. The Morgan fingerprint density at radius 1 is 1.12 bits per heavy atom. The van der Waals surface area contributed by atoms with Gasteiger partial charge in [0.2, 0.25) is 5.91 Å². The van der Waals surface area contributed by atoms with E-state index in [1.54, 1.807) is 31.2 Å². The van der Waals surface area contributed by atoms with Crippen LogP contribution >= 0.6 is 0 Å². The lowest BCUT2D eigenvalue weighted by molar-refractivity contribution is -0.141. The van der Waals surface area contributed by atoms with Crippen LogP contribution in [0.15, 0.2) is 35.9 Å². The van der Waals surface area contributed by atoms with Gasteiger partial charge in [0.25, 0.3) is 5.91 Å². The molecule has 0 aromatic heterocycles. The first-order valence-corrected chi connectivity index (χ1v) is 7.38. The number of carbonyl (C=O) groups is 4. The van der Waals surface area contributed by atoms with Gasteiger partial charge in [0.15, 0.2) is 5.78 Å². The molecular formula is C17H20N2O5. The molecule has 1 aromatic carbocycles. The van der Waals surface area contributed by atoms with Crippen molar-refractivity contribution in [3.05, 3.63) is 41.5 Å². The van der Waals surface area contributed by atoms with Crippen LogP contribution in [0.4, 0.5) is 5.69 Å². The predicted molar refractivity (Wildman–Crippen MR) is 88.7 cm³/mol. The van der Waals surface area contributed by atoms with E-state index in [4.69, 9.17) is 5.11 Å². The van der Waals surface area contributed by atoms with Gasteiger partial charge >= 0.3 is 5.97 Å². The van der Waals surface area contributed by atoms with Gasteiger partial charge in [-0.25, -0.2) is 4.79 Å². The van der Waals surface area contributed by atoms with E-state index in [2.05, 4.69) is 10.6 Å². The maximum atomic E-state index is 12.0. The summed E-state index contributed by atoms with van der Waals surface area (Å²) >= 11 is 0. The summed E-state index contributed by atoms with van der Waals surface area (Å²) in [5, 5.41) is 13.8. The van der Waals surface area contributed by atoms with Gasteiger partial charge in [0, 0.05) is 22.9 Å². The van der Waals surface area contributed by atoms with Crippen LogP contribution in [0.1, 0.15) is 37.6 Å². The minimum absolute atomic E-state index is 0.0791. The minimum atomic E-state index is -1.13. The molecule has 1 rings (SSSR count). The number of aliphatic carboxylic acids is 1. The summed E-state index contributed by atoms with van der Waals surface area (Å²) in [6, 6.07) is 5.34. The smallest absolute Gasteiger partial charge is 0.326 e. The van der Waals surface area contributed by atoms with Gasteiger partial charge in [-0.15, -0.1) is 0 Å². The molecule has 2 amide bonds. The van der Waals surface area contributed by atoms with Crippen molar-refractivity contribution in [3.8, 4) is 0 Å². The molecule has 7 nitrogen and oxygen atoms in total. The van der Waals surface area contributed by atoms with Gasteiger partial charge in [-0.05, 0) is 44.5 Å². The van der Waals surface area contributed by atoms with Crippen molar-refractivity contribution in [1.29, 1.82) is 0 Å². The molecule has 0 bridgehead atoms. The highest BCUT2D eigenvalue weighted by Crippen LogP contribution is 2.11. The third kappa shape index (κ3) is 5.68. The molecule has 24 heavy (non-hydrogen) atoms. The molecule has 0 heterocycles. The van der Waals surface area contributed by atoms with Gasteiger partial charge < -0.3 is 15.7 Å². The zero-order valence-corrected chi connectivity index (χ0v) is 13.8. The first-order chi connectivity index (χ1) is 11.2. The Morgan fingerprint density at radius 2 is 1.71 bits per heavy atom. The molecule has 3 N–H and O–H groups in total. The number of carbonyl (C=O) groups excluding carboxylic acids is 3. The summed E-state index contributed by atoms with van der Waals surface area (Å²) in [5.74, 6) is -2.36. The number of rotatable bonds is 7. The topological polar surface area (TPSA) is 113 Å². The van der Waals surface area contributed by atoms with Crippen molar-refractivity contribution in [1.82, 2.24) is 5.32 Å². The quantitative estimate of drug-likeness (QED) is 0.520. The largest absolute Gasteiger partial charge is 0.480 e. The van der Waals surface area contributed by atoms with E-state index < -0.39 is 23.8 Å². The fourth-order valence-electron chi connectivity index (χ4n) is 1.83. The molecule has 7 heteroatoms. The molecule has 0 fully saturated rings. The molecule has 0 aliphatic carbocycles. The van der Waals surface area contributed by atoms with E-state index in [1.807, 2.05) is 0 Å². The third-order valence-electron chi connectivity index (χ3n) is 3.28. The monoisotopic (exact) mass is 332 g/mol. The average Bonchev–Trinajstić information content (AvgIpc) is 2.52. The number of carboxylic acid groups (broad SMARTS) is 1. The standard InChI is InChI=1S/C17H20N2O5/c1-4-14(17(23)24)19-15(21)9-10(2)16(22)18-13-7-5-12(6-8-13)11(3)20/h5-9,14H,4H2,1-3H3,(H,18,22)(H,19,21)(H,23,24)/b10-9-. The normalized spacial score (nSPS) is 12.2. The van der Waals surface area contributed by atoms with Gasteiger partial charge in [0.1, 0.15) is 6.04 Å². The third-order valence-corrected chi connectivity index (χ3v) is 3.28. The Morgan fingerprint density at radius 3 is 2.17 bits per heavy atom. The van der Waals surface area contributed by atoms with Crippen molar-refractivity contribution in [3.63, 3.8) is 0 Å². The summed E-state index contributed by atoms with van der Waals surface area (Å²) < 4.78 is 0. The maximum Gasteiger partial charge on any atom is 0.326 e. The zero-order valence-electron chi connectivity index (χ0n) is 13.8. The first kappa shape index (κ1) is 19.1. The van der Waals surface area contributed by atoms with Crippen LogP contribution in [0.25, 0.3) is 0 Å². The highest BCUT2D eigenvalue weighted by atomic mass is 16.4. The minimum Gasteiger partial charge on any atom is -0.480 e. The van der Waals surface area contributed by atoms with Crippen LogP contribution in [0.3, 0.4) is 0 Å². The number of ketones is 1. The molecule has 0 radical (unpaired) electrons. The summed E-state index contributed by atoms with van der Waals surface area (Å²) in [6.45, 7) is 4.52. The second-order valence-corrected chi connectivity index (χ2v) is 5.22. The van der Waals surface area contributed by atoms with E-state index in [0.717, 1.165) is 6.08 Å². The van der Waals surface area contributed by atoms with Crippen molar-refractivity contribution >= 4 is 29.3 Å². The Balaban J connectivity index is 2.70. The molecule has 0 aliphatic heterocycles. The Bertz CT molecular complexity index is 677. The first-order valence-electron chi connectivity index (χ1n) is 7.38. The fourth-order valence-corrected chi connectivity index (χ4v) is 1.83. The molecule has 1 aromatic rings. The SMILES string of the molecule is CCC(NC(=O)/C=C(/C)C(=O)Nc1ccc(C(C)=O)cc1)C(=O)O. The van der Waals surface area contributed by atoms with Crippen LogP contribution in [0.5, 0.6) is 0 Å². The van der Waals surface area contributed by atoms with Gasteiger partial charge in [-0.3, -0.25) is 14.4 Å². The lowest BCUT2D eigenvalue weighted by atomic mass is 10.1. The zero-order chi connectivity index (χ0) is 18.3. The molecule has 1 unspecified atom stereocenters. The number of amides is 2. The van der Waals surface area contributed by atoms with Gasteiger partial charge in [-0.1, -0.05) is 6.92 Å². The van der Waals surface area contributed by atoms with Crippen molar-refractivity contribution in [2.75, 3.05) is 5.32 Å². The number of hydrogen-bond donors (Lipinski definition) is 3. The second-order valence-electron chi connectivity index (χ2n) is 5.22. The predicted octanol–water partition coefficient (Wildman–Crippen LogP) is 1.75. The van der Waals surface area contributed by atoms with E-state index in [1.165, 1.54) is 13.8 Å². The summed E-state index contributed by atoms with van der Waals surface area (Å²) in [5.41, 5.74) is 1.14. The Kier molecular flexibility index (Phi) is 6.85. The number of anilines is 1. The summed E-state index contributed by atoms with van der Waals surface area (Å²) in [6.07, 6.45) is 1.29. The number of carboxylic acids is 1. The molecule has 128 valence electrons. The molecular weight excluding hydrogens is 312 g/mol. The van der Waals surface area contributed by atoms with E-state index in [0.29, 0.717) is 11.3 Å². The van der Waals surface area contributed by atoms with Crippen LogP contribution < -0.4 is 10.6 Å². The number of nitrogens with one attached hydrogen (secondary N) is 2. The molecule has 0 saturated heterocycles. The van der Waals surface area contributed by atoms with Crippen molar-refractivity contribution in [2.24, 2.45) is 0 Å². The van der Waals surface area contributed by atoms with Gasteiger partial charge in [0.05, 0.1) is 0 Å². The van der Waals surface area contributed by atoms with Crippen LogP contribution in [-0.2, 0) is 14.4 Å². The number of hydrogen-bond acceptors (Lipinski definition) is 4. The molecule has 0 aliphatic rings. The van der Waals surface area contributed by atoms with E-state index in [-0.39, 0.29) is 17.8 Å². The number of benzene rings is 1. The highest BCUT2D eigenvalue weighted by molar-refractivity contribution is 6.07. The van der Waals surface area contributed by atoms with Crippen LogP contribution in [0, 0.1) is 0 Å². The van der Waals surface area contributed by atoms with Crippen molar-refractivity contribution < 1.29 is 24.3 Å². The summed E-state index contributed by atoms with van der Waals surface area (Å²) in [7, 11) is 0. The fraction of sp³-hybridized carbons (Fsp3) is 0.294. The molecule has 0 saturated carbocycles. The second kappa shape index (κ2) is 8.61. The van der Waals surface area contributed by atoms with Gasteiger partial charge in [-0.2, -0.15) is 0 Å². The molecule has 0 spiro atoms. The Hall–Kier alpha value is -2.96. The van der Waals surface area contributed by atoms with Crippen molar-refractivity contribution in [2.45, 2.75) is 33.2 Å². The number of Topliss-reactive ketones (excluding diaryl/α,β-unsaturated/α-hetero) is 1. The average molecular weight is 332 g/mol. The van der Waals surface area contributed by atoms with Crippen LogP contribution in [-0.4, -0.2) is 34.7 Å². The van der Waals surface area contributed by atoms with E-state index in [9.17, 15) is 19.2 Å². The Labute approximate surface area is 139 Å². The maximum absolute atomic E-state index is 12.0. The van der Waals surface area contributed by atoms with Crippen LogP contribution in [0.2, 0.25) is 0 Å². The lowest BCUT2D eigenvalue weighted by Crippen LogP contribution is -2.39.